The predicted molar refractivity (Wildman–Crippen MR) is 144 cm³/mol. The minimum Gasteiger partial charge on any atom is -0.505 e. The molecule has 33 heavy (non-hydrogen) atoms. The summed E-state index contributed by atoms with van der Waals surface area (Å²) in [5, 5.41) is 20.4. The minimum absolute atomic E-state index is 0.149. The predicted octanol–water partition coefficient (Wildman–Crippen LogP) is 6.70. The van der Waals surface area contributed by atoms with Crippen LogP contribution in [0.3, 0.4) is 0 Å². The number of fused-ring (bicyclic) bond motifs is 1. The van der Waals surface area contributed by atoms with Crippen LogP contribution < -0.4 is 0 Å². The first-order valence-electron chi connectivity index (χ1n) is 11.7. The molecule has 0 amide bonds. The van der Waals surface area contributed by atoms with Gasteiger partial charge in [-0.25, -0.2) is 0 Å². The minimum atomic E-state index is -2.33. The summed E-state index contributed by atoms with van der Waals surface area (Å²) < 4.78 is 13.3. The van der Waals surface area contributed by atoms with E-state index in [9.17, 15) is 5.11 Å². The van der Waals surface area contributed by atoms with Crippen molar-refractivity contribution in [3.05, 3.63) is 47.5 Å². The van der Waals surface area contributed by atoms with Crippen molar-refractivity contribution in [3.8, 4) is 11.4 Å². The fourth-order valence-electron chi connectivity index (χ4n) is 4.34. The number of aromatic hydroxyl groups is 1. The van der Waals surface area contributed by atoms with Gasteiger partial charge in [-0.3, -0.25) is 0 Å². The van der Waals surface area contributed by atoms with E-state index in [0.29, 0.717) is 5.69 Å². The third-order valence-electron chi connectivity index (χ3n) is 5.37. The Kier molecular flexibility index (Phi) is 7.40. The van der Waals surface area contributed by atoms with Crippen LogP contribution >= 0.6 is 0 Å². The molecular formula is C24H39N3O3Si3. The third kappa shape index (κ3) is 6.86. The van der Waals surface area contributed by atoms with E-state index in [-0.39, 0.29) is 11.7 Å². The lowest BCUT2D eigenvalue weighted by Gasteiger charge is -2.39. The van der Waals surface area contributed by atoms with Gasteiger partial charge >= 0.3 is 8.56 Å². The Labute approximate surface area is 201 Å². The van der Waals surface area contributed by atoms with E-state index in [0.717, 1.165) is 34.6 Å². The summed E-state index contributed by atoms with van der Waals surface area (Å²) >= 11 is 0. The zero-order valence-corrected chi connectivity index (χ0v) is 24.6. The van der Waals surface area contributed by atoms with Gasteiger partial charge in [-0.05, 0) is 100 Å². The Morgan fingerprint density at radius 3 is 1.91 bits per heavy atom. The van der Waals surface area contributed by atoms with Gasteiger partial charge in [0.2, 0.25) is 0 Å². The molecule has 180 valence electrons. The van der Waals surface area contributed by atoms with Crippen LogP contribution in [0.15, 0.2) is 36.4 Å². The molecule has 6 nitrogen and oxygen atoms in total. The molecule has 0 radical (unpaired) electrons. The van der Waals surface area contributed by atoms with Crippen molar-refractivity contribution in [3.63, 3.8) is 0 Å². The highest BCUT2D eigenvalue weighted by molar-refractivity contribution is 6.87. The molecule has 1 unspecified atom stereocenters. The van der Waals surface area contributed by atoms with Gasteiger partial charge in [0.1, 0.15) is 22.5 Å². The lowest BCUT2D eigenvalue weighted by atomic mass is 9.95. The highest BCUT2D eigenvalue weighted by Crippen LogP contribution is 2.37. The quantitative estimate of drug-likeness (QED) is 0.330. The average molecular weight is 502 g/mol. The van der Waals surface area contributed by atoms with Crippen LogP contribution in [0.1, 0.15) is 30.4 Å². The molecule has 0 aliphatic rings. The Bertz CT molecular complexity index is 1070. The number of rotatable bonds is 9. The average Bonchev–Trinajstić information content (AvgIpc) is 3.08. The van der Waals surface area contributed by atoms with E-state index < -0.39 is 25.2 Å². The number of phenolic OH excluding ortho intramolecular Hbond substituents is 1. The molecule has 2 aromatic carbocycles. The largest absolute Gasteiger partial charge is 0.505 e. The van der Waals surface area contributed by atoms with Gasteiger partial charge in [0.25, 0.3) is 0 Å². The first kappa shape index (κ1) is 25.8. The van der Waals surface area contributed by atoms with Crippen LogP contribution in [0.2, 0.25) is 51.9 Å². The SMILES string of the molecule is Cc1cc(C(C)CC[Si](C)(O[Si](C)(C)C)O[Si](C)(C)C)c(O)c(-n2nc3ccccc3n2)c1. The molecule has 0 bridgehead atoms. The molecule has 0 saturated heterocycles. The highest BCUT2D eigenvalue weighted by Gasteiger charge is 2.40. The van der Waals surface area contributed by atoms with Crippen LogP contribution in [0, 0.1) is 6.92 Å². The molecule has 0 spiro atoms. The van der Waals surface area contributed by atoms with Gasteiger partial charge in [0, 0.05) is 0 Å². The lowest BCUT2D eigenvalue weighted by Crippen LogP contribution is -2.52. The first-order valence-corrected chi connectivity index (χ1v) is 21.1. The van der Waals surface area contributed by atoms with Gasteiger partial charge in [-0.1, -0.05) is 25.1 Å². The van der Waals surface area contributed by atoms with Gasteiger partial charge in [0.15, 0.2) is 16.6 Å². The van der Waals surface area contributed by atoms with E-state index >= 15 is 0 Å². The second kappa shape index (κ2) is 9.46. The van der Waals surface area contributed by atoms with Crippen molar-refractivity contribution in [1.29, 1.82) is 0 Å². The number of aromatic nitrogens is 3. The van der Waals surface area contributed by atoms with Crippen molar-refractivity contribution >= 4 is 36.2 Å². The molecular weight excluding hydrogens is 463 g/mol. The second-order valence-electron chi connectivity index (χ2n) is 11.2. The van der Waals surface area contributed by atoms with E-state index in [2.05, 4.69) is 69.0 Å². The maximum absolute atomic E-state index is 11.2. The normalized spacial score (nSPS) is 14.1. The van der Waals surface area contributed by atoms with Crippen LogP contribution in [0.5, 0.6) is 5.75 Å². The monoisotopic (exact) mass is 501 g/mol. The van der Waals surface area contributed by atoms with Crippen LogP contribution in [-0.4, -0.2) is 45.3 Å². The van der Waals surface area contributed by atoms with Crippen molar-refractivity contribution in [2.45, 2.75) is 78.1 Å². The first-order chi connectivity index (χ1) is 15.2. The standard InChI is InChI=1S/C24H39N3O3Si3/c1-18-16-20(19(2)14-15-33(9,29-31(3,4)5)30-32(6,7)8)24(28)23(17-18)27-25-21-12-10-11-13-22(21)26-27/h10-13,16-17,19,28H,14-15H2,1-9H3. The fraction of sp³-hybridized carbons (Fsp3) is 0.500. The second-order valence-corrected chi connectivity index (χ2v) is 24.1. The van der Waals surface area contributed by atoms with Crippen LogP contribution in [0.25, 0.3) is 16.7 Å². The molecule has 0 saturated carbocycles. The van der Waals surface area contributed by atoms with Gasteiger partial charge in [-0.2, -0.15) is 0 Å². The fourth-order valence-corrected chi connectivity index (χ4v) is 17.0. The van der Waals surface area contributed by atoms with Gasteiger partial charge in [-0.15, -0.1) is 15.0 Å². The third-order valence-corrected chi connectivity index (χ3v) is 14.9. The molecule has 9 heteroatoms. The van der Waals surface area contributed by atoms with E-state index in [1.165, 1.54) is 0 Å². The zero-order valence-electron chi connectivity index (χ0n) is 21.6. The number of phenols is 1. The van der Waals surface area contributed by atoms with Gasteiger partial charge < -0.3 is 13.3 Å². The molecule has 0 aliphatic heterocycles. The zero-order chi connectivity index (χ0) is 24.6. The maximum atomic E-state index is 11.2. The van der Waals surface area contributed by atoms with Crippen molar-refractivity contribution in [2.24, 2.45) is 0 Å². The molecule has 0 fully saturated rings. The summed E-state index contributed by atoms with van der Waals surface area (Å²) in [5.74, 6) is 0.393. The number of hydrogen-bond acceptors (Lipinski definition) is 5. The smallest absolute Gasteiger partial charge is 0.314 e. The lowest BCUT2D eigenvalue weighted by molar-refractivity contribution is 0.378. The summed E-state index contributed by atoms with van der Waals surface area (Å²) in [6.07, 6.45) is 0.892. The Morgan fingerprint density at radius 2 is 1.42 bits per heavy atom. The van der Waals surface area contributed by atoms with Crippen molar-refractivity contribution in [2.75, 3.05) is 0 Å². The summed E-state index contributed by atoms with van der Waals surface area (Å²) in [7, 11) is -5.82. The number of benzene rings is 2. The van der Waals surface area contributed by atoms with E-state index in [4.69, 9.17) is 8.23 Å². The molecule has 0 aliphatic carbocycles. The molecule has 1 atom stereocenters. The van der Waals surface area contributed by atoms with E-state index in [1.807, 2.05) is 37.3 Å². The molecule has 1 heterocycles. The molecule has 3 rings (SSSR count). The van der Waals surface area contributed by atoms with Gasteiger partial charge in [0.05, 0.1) is 0 Å². The van der Waals surface area contributed by atoms with Crippen LogP contribution in [-0.2, 0) is 8.23 Å². The topological polar surface area (TPSA) is 69.4 Å². The molecule has 1 aromatic heterocycles. The number of aryl methyl sites for hydroxylation is 1. The summed E-state index contributed by atoms with van der Waals surface area (Å²) in [6.45, 7) is 19.8. The number of hydrogen-bond donors (Lipinski definition) is 1. The molecule has 3 aromatic rings. The summed E-state index contributed by atoms with van der Waals surface area (Å²) in [6, 6.07) is 12.6. The summed E-state index contributed by atoms with van der Waals surface area (Å²) in [5.41, 5.74) is 4.22. The molecule has 1 N–H and O–H groups in total. The maximum Gasteiger partial charge on any atom is 0.314 e. The Morgan fingerprint density at radius 1 is 0.909 bits per heavy atom. The van der Waals surface area contributed by atoms with E-state index in [1.54, 1.807) is 4.80 Å². The van der Waals surface area contributed by atoms with Crippen molar-refractivity contribution < 1.29 is 13.3 Å². The number of nitrogens with zero attached hydrogens (tertiary/aromatic N) is 3. The Balaban J connectivity index is 1.88. The van der Waals surface area contributed by atoms with Crippen LogP contribution in [0.4, 0.5) is 0 Å². The summed E-state index contributed by atoms with van der Waals surface area (Å²) in [4.78, 5) is 1.55. The van der Waals surface area contributed by atoms with Crippen molar-refractivity contribution in [1.82, 2.24) is 15.0 Å². The highest BCUT2D eigenvalue weighted by atomic mass is 28.5. The Hall–Kier alpha value is -1.79.